The molecular formula is C16H24ClFN2. The quantitative estimate of drug-likeness (QED) is 0.649. The van der Waals surface area contributed by atoms with Crippen LogP contribution in [0.2, 0.25) is 5.02 Å². The van der Waals surface area contributed by atoms with Crippen molar-refractivity contribution >= 4 is 11.6 Å². The van der Waals surface area contributed by atoms with Crippen LogP contribution in [-0.2, 0) is 6.42 Å². The van der Waals surface area contributed by atoms with Crippen molar-refractivity contribution in [2.75, 3.05) is 0 Å². The minimum Gasteiger partial charge on any atom is -0.271 e. The van der Waals surface area contributed by atoms with Crippen molar-refractivity contribution in [3.05, 3.63) is 34.6 Å². The van der Waals surface area contributed by atoms with Crippen LogP contribution in [0.5, 0.6) is 0 Å². The second-order valence-electron chi connectivity index (χ2n) is 6.73. The summed E-state index contributed by atoms with van der Waals surface area (Å²) >= 11 is 5.72. The predicted molar refractivity (Wildman–Crippen MR) is 82.0 cm³/mol. The van der Waals surface area contributed by atoms with Crippen LogP contribution in [0.1, 0.15) is 45.1 Å². The van der Waals surface area contributed by atoms with E-state index in [0.717, 1.165) is 12.0 Å². The van der Waals surface area contributed by atoms with Crippen LogP contribution in [0.3, 0.4) is 0 Å². The van der Waals surface area contributed by atoms with E-state index in [-0.39, 0.29) is 16.9 Å². The normalized spacial score (nSPS) is 20.9. The van der Waals surface area contributed by atoms with Gasteiger partial charge in [0, 0.05) is 6.04 Å². The van der Waals surface area contributed by atoms with Gasteiger partial charge in [-0.25, -0.2) is 4.39 Å². The van der Waals surface area contributed by atoms with Crippen molar-refractivity contribution in [2.24, 2.45) is 17.2 Å². The molecule has 112 valence electrons. The van der Waals surface area contributed by atoms with Crippen LogP contribution in [-0.4, -0.2) is 6.04 Å². The number of nitrogens with two attached hydrogens (primary N) is 1. The second kappa shape index (κ2) is 6.42. The summed E-state index contributed by atoms with van der Waals surface area (Å²) in [6, 6.07) is 5.21. The van der Waals surface area contributed by atoms with Gasteiger partial charge in [0.05, 0.1) is 5.02 Å². The van der Waals surface area contributed by atoms with Crippen molar-refractivity contribution in [3.8, 4) is 0 Å². The lowest BCUT2D eigenvalue weighted by molar-refractivity contribution is 0.161. The van der Waals surface area contributed by atoms with E-state index < -0.39 is 0 Å². The SMILES string of the molecule is CC1(C)CCC(C(Cc2ccc(Cl)c(F)c2)NN)CC1. The fourth-order valence-electron chi connectivity index (χ4n) is 3.11. The molecule has 1 aliphatic rings. The summed E-state index contributed by atoms with van der Waals surface area (Å²) < 4.78 is 13.5. The van der Waals surface area contributed by atoms with Crippen molar-refractivity contribution < 1.29 is 4.39 Å². The molecule has 1 aliphatic carbocycles. The molecule has 3 N–H and O–H groups in total. The maximum absolute atomic E-state index is 13.5. The Kier molecular flexibility index (Phi) is 5.05. The lowest BCUT2D eigenvalue weighted by Crippen LogP contribution is -2.44. The molecule has 0 bridgehead atoms. The van der Waals surface area contributed by atoms with E-state index in [1.165, 1.54) is 31.7 Å². The Morgan fingerprint density at radius 3 is 2.60 bits per heavy atom. The smallest absolute Gasteiger partial charge is 0.142 e. The molecule has 0 spiro atoms. The Bertz CT molecular complexity index is 452. The van der Waals surface area contributed by atoms with Gasteiger partial charge in [-0.05, 0) is 61.1 Å². The molecule has 2 nitrogen and oxygen atoms in total. The zero-order chi connectivity index (χ0) is 14.8. The van der Waals surface area contributed by atoms with Gasteiger partial charge < -0.3 is 0 Å². The summed E-state index contributed by atoms with van der Waals surface area (Å²) in [5.41, 5.74) is 4.32. The molecule has 1 atom stereocenters. The van der Waals surface area contributed by atoms with Crippen LogP contribution >= 0.6 is 11.6 Å². The fourth-order valence-corrected chi connectivity index (χ4v) is 3.22. The van der Waals surface area contributed by atoms with E-state index in [0.29, 0.717) is 11.3 Å². The molecule has 2 rings (SSSR count). The number of hydrogen-bond donors (Lipinski definition) is 2. The summed E-state index contributed by atoms with van der Waals surface area (Å²) in [4.78, 5) is 0. The Morgan fingerprint density at radius 2 is 2.05 bits per heavy atom. The molecule has 4 heteroatoms. The van der Waals surface area contributed by atoms with E-state index in [4.69, 9.17) is 17.4 Å². The highest BCUT2D eigenvalue weighted by atomic mass is 35.5. The molecule has 1 unspecified atom stereocenters. The first-order valence-electron chi connectivity index (χ1n) is 7.31. The molecule has 0 amide bonds. The highest BCUT2D eigenvalue weighted by molar-refractivity contribution is 6.30. The zero-order valence-corrected chi connectivity index (χ0v) is 13.0. The van der Waals surface area contributed by atoms with E-state index in [1.54, 1.807) is 6.07 Å². The van der Waals surface area contributed by atoms with Gasteiger partial charge in [0.2, 0.25) is 0 Å². The molecule has 1 aromatic carbocycles. The number of benzene rings is 1. The van der Waals surface area contributed by atoms with Gasteiger partial charge in [0.1, 0.15) is 5.82 Å². The Balaban J connectivity index is 2.00. The number of hydrazine groups is 1. The average molecular weight is 299 g/mol. The van der Waals surface area contributed by atoms with Gasteiger partial charge in [0.15, 0.2) is 0 Å². The van der Waals surface area contributed by atoms with Crippen LogP contribution in [0.4, 0.5) is 4.39 Å². The topological polar surface area (TPSA) is 38.0 Å². The fraction of sp³-hybridized carbons (Fsp3) is 0.625. The van der Waals surface area contributed by atoms with Crippen LogP contribution in [0, 0.1) is 17.2 Å². The van der Waals surface area contributed by atoms with Crippen molar-refractivity contribution in [1.82, 2.24) is 5.43 Å². The number of rotatable bonds is 4. The summed E-state index contributed by atoms with van der Waals surface area (Å²) in [6.45, 7) is 4.64. The van der Waals surface area contributed by atoms with Gasteiger partial charge >= 0.3 is 0 Å². The summed E-state index contributed by atoms with van der Waals surface area (Å²) in [5.74, 6) is 5.92. The number of hydrogen-bond acceptors (Lipinski definition) is 2. The monoisotopic (exact) mass is 298 g/mol. The van der Waals surface area contributed by atoms with Gasteiger partial charge in [-0.15, -0.1) is 0 Å². The van der Waals surface area contributed by atoms with Crippen molar-refractivity contribution in [1.29, 1.82) is 0 Å². The maximum Gasteiger partial charge on any atom is 0.142 e. The molecule has 0 heterocycles. The first-order valence-corrected chi connectivity index (χ1v) is 7.69. The first kappa shape index (κ1) is 15.7. The minimum absolute atomic E-state index is 0.172. The van der Waals surface area contributed by atoms with Gasteiger partial charge in [-0.1, -0.05) is 31.5 Å². The molecular weight excluding hydrogens is 275 g/mol. The molecule has 0 aromatic heterocycles. The highest BCUT2D eigenvalue weighted by Crippen LogP contribution is 2.39. The standard InChI is InChI=1S/C16H24ClFN2/c1-16(2)7-5-12(6-8-16)15(20-19)10-11-3-4-13(17)14(18)9-11/h3-4,9,12,15,20H,5-8,10,19H2,1-2H3. The van der Waals surface area contributed by atoms with E-state index >= 15 is 0 Å². The van der Waals surface area contributed by atoms with Crippen molar-refractivity contribution in [2.45, 2.75) is 52.0 Å². The molecule has 1 saturated carbocycles. The van der Waals surface area contributed by atoms with E-state index in [9.17, 15) is 4.39 Å². The first-order chi connectivity index (χ1) is 9.41. The Morgan fingerprint density at radius 1 is 1.40 bits per heavy atom. The van der Waals surface area contributed by atoms with Crippen LogP contribution in [0.15, 0.2) is 18.2 Å². The van der Waals surface area contributed by atoms with Crippen molar-refractivity contribution in [3.63, 3.8) is 0 Å². The number of halogens is 2. The summed E-state index contributed by atoms with van der Waals surface area (Å²) in [7, 11) is 0. The third kappa shape index (κ3) is 3.94. The number of nitrogens with one attached hydrogen (secondary N) is 1. The van der Waals surface area contributed by atoms with Gasteiger partial charge in [0.25, 0.3) is 0 Å². The average Bonchev–Trinajstić information content (AvgIpc) is 2.40. The Hall–Kier alpha value is -0.640. The Labute approximate surface area is 125 Å². The molecule has 0 saturated heterocycles. The van der Waals surface area contributed by atoms with Gasteiger partial charge in [-0.2, -0.15) is 0 Å². The molecule has 1 fully saturated rings. The molecule has 0 radical (unpaired) electrons. The molecule has 20 heavy (non-hydrogen) atoms. The summed E-state index contributed by atoms with van der Waals surface area (Å²) in [6.07, 6.45) is 5.56. The molecule has 1 aromatic rings. The van der Waals surface area contributed by atoms with Crippen LogP contribution < -0.4 is 11.3 Å². The maximum atomic E-state index is 13.5. The third-order valence-electron chi connectivity index (χ3n) is 4.61. The lowest BCUT2D eigenvalue weighted by Gasteiger charge is -2.37. The predicted octanol–water partition coefficient (Wildman–Crippen LogP) is 4.07. The summed E-state index contributed by atoms with van der Waals surface area (Å²) in [5, 5.41) is 0.172. The lowest BCUT2D eigenvalue weighted by atomic mass is 9.70. The minimum atomic E-state index is -0.357. The van der Waals surface area contributed by atoms with Gasteiger partial charge in [-0.3, -0.25) is 11.3 Å². The second-order valence-corrected chi connectivity index (χ2v) is 7.13. The highest BCUT2D eigenvalue weighted by Gasteiger charge is 2.31. The van der Waals surface area contributed by atoms with E-state index in [1.807, 2.05) is 6.07 Å². The third-order valence-corrected chi connectivity index (χ3v) is 4.91. The van der Waals surface area contributed by atoms with Crippen LogP contribution in [0.25, 0.3) is 0 Å². The largest absolute Gasteiger partial charge is 0.271 e. The van der Waals surface area contributed by atoms with E-state index in [2.05, 4.69) is 19.3 Å². The molecule has 0 aliphatic heterocycles. The zero-order valence-electron chi connectivity index (χ0n) is 12.3.